The van der Waals surface area contributed by atoms with E-state index in [-0.39, 0.29) is 23.2 Å². The molecule has 0 amide bonds. The summed E-state index contributed by atoms with van der Waals surface area (Å²) in [6.07, 6.45) is 0.0518. The molecule has 1 aliphatic carbocycles. The third-order valence-electron chi connectivity index (χ3n) is 3.96. The summed E-state index contributed by atoms with van der Waals surface area (Å²) in [6.45, 7) is 0. The summed E-state index contributed by atoms with van der Waals surface area (Å²) in [6, 6.07) is 4.83. The zero-order chi connectivity index (χ0) is 16.2. The van der Waals surface area contributed by atoms with Gasteiger partial charge in [0.05, 0.1) is 0 Å². The van der Waals surface area contributed by atoms with E-state index in [4.69, 9.17) is 27.3 Å². The van der Waals surface area contributed by atoms with Crippen molar-refractivity contribution >= 4 is 44.0 Å². The van der Waals surface area contributed by atoms with Gasteiger partial charge in [-0.15, -0.1) is 0 Å². The maximum Gasteiger partial charge on any atom is 0.164 e. The number of hydrogen-bond donors (Lipinski definition) is 3. The number of carbonyl (C=O) groups excluding carboxylic acids is 1. The van der Waals surface area contributed by atoms with Gasteiger partial charge in [-0.2, -0.15) is 0 Å². The number of fused-ring (bicyclic) bond motifs is 1. The minimum Gasteiger partial charge on any atom is -0.509 e. The molecule has 1 atom stereocenters. The molecule has 4 radical (unpaired) electrons. The molecular weight excluding hydrogens is 301 g/mol. The lowest BCUT2D eigenvalue weighted by Crippen LogP contribution is -2.22. The normalized spacial score (nSPS) is 16.8. The molecule has 7 heteroatoms. The van der Waals surface area contributed by atoms with E-state index in [1.807, 2.05) is 0 Å². The molecule has 3 N–H and O–H groups in total. The van der Waals surface area contributed by atoms with Crippen LogP contribution in [0.25, 0.3) is 0 Å². The lowest BCUT2D eigenvalue weighted by atomic mass is 9.76. The summed E-state index contributed by atoms with van der Waals surface area (Å²) in [7, 11) is 11.3. The molecule has 0 spiro atoms. The topological polar surface area (TPSA) is 77.8 Å². The van der Waals surface area contributed by atoms with E-state index in [9.17, 15) is 20.1 Å². The number of halogens is 1. The molecule has 106 valence electrons. The summed E-state index contributed by atoms with van der Waals surface area (Å²) < 4.78 is 0. The van der Waals surface area contributed by atoms with Crippen molar-refractivity contribution in [3.8, 4) is 17.2 Å². The molecule has 4 nitrogen and oxygen atoms in total. The number of carbonyl (C=O) groups is 1. The van der Waals surface area contributed by atoms with Gasteiger partial charge in [0, 0.05) is 28.5 Å². The number of ketones is 1. The Morgan fingerprint density at radius 1 is 1.05 bits per heavy atom. The summed E-state index contributed by atoms with van der Waals surface area (Å²) >= 11 is 5.89. The molecule has 0 saturated carbocycles. The fourth-order valence-corrected chi connectivity index (χ4v) is 3.03. The lowest BCUT2D eigenvalue weighted by Gasteiger charge is -2.20. The molecule has 0 bridgehead atoms. The largest absolute Gasteiger partial charge is 0.509 e. The van der Waals surface area contributed by atoms with Crippen LogP contribution in [-0.4, -0.2) is 36.8 Å². The third-order valence-corrected chi connectivity index (χ3v) is 4.20. The maximum atomic E-state index is 12.1. The van der Waals surface area contributed by atoms with Gasteiger partial charge < -0.3 is 15.3 Å². The minimum absolute atomic E-state index is 0.0518. The van der Waals surface area contributed by atoms with Crippen molar-refractivity contribution in [1.29, 1.82) is 0 Å². The third kappa shape index (κ3) is 1.98. The van der Waals surface area contributed by atoms with E-state index in [0.717, 1.165) is 0 Å². The van der Waals surface area contributed by atoms with Gasteiger partial charge in [-0.1, -0.05) is 17.7 Å². The van der Waals surface area contributed by atoms with Crippen LogP contribution in [0, 0.1) is 0 Å². The molecule has 3 rings (SSSR count). The zero-order valence-electron chi connectivity index (χ0n) is 11.3. The van der Waals surface area contributed by atoms with Crippen LogP contribution < -0.4 is 10.9 Å². The molecule has 1 unspecified atom stereocenters. The van der Waals surface area contributed by atoms with Crippen LogP contribution in [0.1, 0.15) is 33.8 Å². The van der Waals surface area contributed by atoms with Gasteiger partial charge in [-0.05, 0) is 28.6 Å². The first-order valence-corrected chi connectivity index (χ1v) is 6.85. The van der Waals surface area contributed by atoms with Crippen molar-refractivity contribution in [2.45, 2.75) is 12.3 Å². The molecule has 0 saturated heterocycles. The molecule has 22 heavy (non-hydrogen) atoms. The monoisotopic (exact) mass is 310 g/mol. The van der Waals surface area contributed by atoms with Crippen molar-refractivity contribution in [2.75, 3.05) is 0 Å². The first kappa shape index (κ1) is 14.9. The Bertz CT molecular complexity index is 791. The highest BCUT2D eigenvalue weighted by Crippen LogP contribution is 2.44. The van der Waals surface area contributed by atoms with Crippen LogP contribution in [0.3, 0.4) is 0 Å². The van der Waals surface area contributed by atoms with Gasteiger partial charge in [0.15, 0.2) is 17.3 Å². The number of phenolic OH excluding ortho intramolecular Hbond substituents is 3. The number of phenols is 3. The smallest absolute Gasteiger partial charge is 0.164 e. The number of rotatable bonds is 1. The molecule has 0 aliphatic heterocycles. The second-order valence-corrected chi connectivity index (χ2v) is 5.63. The Morgan fingerprint density at radius 3 is 2.41 bits per heavy atom. The number of hydrogen-bond acceptors (Lipinski definition) is 4. The minimum atomic E-state index is -0.656. The van der Waals surface area contributed by atoms with Crippen LogP contribution >= 0.6 is 11.6 Å². The SMILES string of the molecule is [B]c1c(O)c([B])c(C2CC(=O)c3cc(Cl)ccc32)c(O)c1O. The molecule has 0 fully saturated rings. The summed E-state index contributed by atoms with van der Waals surface area (Å²) in [4.78, 5) is 12.1. The highest BCUT2D eigenvalue weighted by molar-refractivity contribution is 6.43. The number of benzene rings is 2. The average Bonchev–Trinajstić information content (AvgIpc) is 2.80. The Balaban J connectivity index is 2.26. The predicted molar refractivity (Wildman–Crippen MR) is 84.5 cm³/mol. The van der Waals surface area contributed by atoms with Gasteiger partial charge >= 0.3 is 0 Å². The standard InChI is InChI=1S/C15H9B2ClO4/c16-11-10(13(20)15(22)12(17)14(11)21)8-4-9(19)7-3-5(18)1-2-6(7)8/h1-3,8,20-22H,4H2. The van der Waals surface area contributed by atoms with Gasteiger partial charge in [0.25, 0.3) is 0 Å². The highest BCUT2D eigenvalue weighted by atomic mass is 35.5. The fourth-order valence-electron chi connectivity index (χ4n) is 2.86. The maximum absolute atomic E-state index is 12.1. The lowest BCUT2D eigenvalue weighted by molar-refractivity contribution is 0.0991. The van der Waals surface area contributed by atoms with Crippen molar-refractivity contribution in [3.63, 3.8) is 0 Å². The molecule has 2 aromatic rings. The first-order chi connectivity index (χ1) is 10.3. The highest BCUT2D eigenvalue weighted by Gasteiger charge is 2.34. The van der Waals surface area contributed by atoms with Gasteiger partial charge in [-0.25, -0.2) is 0 Å². The van der Waals surface area contributed by atoms with E-state index in [1.54, 1.807) is 18.2 Å². The van der Waals surface area contributed by atoms with E-state index >= 15 is 0 Å². The quantitative estimate of drug-likeness (QED) is 0.413. The molecule has 0 heterocycles. The van der Waals surface area contributed by atoms with Crippen LogP contribution in [0.2, 0.25) is 5.02 Å². The van der Waals surface area contributed by atoms with E-state index in [1.165, 1.54) is 0 Å². The molecule has 2 aromatic carbocycles. The summed E-state index contributed by atoms with van der Waals surface area (Å²) in [5, 5.41) is 30.3. The van der Waals surface area contributed by atoms with Crippen LogP contribution in [0.15, 0.2) is 18.2 Å². The number of Topliss-reactive ketones (excluding diaryl/α,β-unsaturated/α-hetero) is 1. The second kappa shape index (κ2) is 4.99. The van der Waals surface area contributed by atoms with Gasteiger partial charge in [-0.3, -0.25) is 4.79 Å². The van der Waals surface area contributed by atoms with Crippen molar-refractivity contribution in [1.82, 2.24) is 0 Å². The van der Waals surface area contributed by atoms with Gasteiger partial charge in [0.1, 0.15) is 21.4 Å². The average molecular weight is 310 g/mol. The molecule has 1 aliphatic rings. The summed E-state index contributed by atoms with van der Waals surface area (Å²) in [5.41, 5.74) is 0.582. The predicted octanol–water partition coefficient (Wildman–Crippen LogP) is 0.763. The van der Waals surface area contributed by atoms with E-state index in [2.05, 4.69) is 0 Å². The molecular formula is C15H9B2ClO4. The Hall–Kier alpha value is -2.07. The Labute approximate surface area is 134 Å². The Morgan fingerprint density at radius 2 is 1.73 bits per heavy atom. The van der Waals surface area contributed by atoms with Crippen molar-refractivity contribution < 1.29 is 20.1 Å². The van der Waals surface area contributed by atoms with Crippen LogP contribution in [0.4, 0.5) is 0 Å². The van der Waals surface area contributed by atoms with Crippen LogP contribution in [0.5, 0.6) is 17.2 Å². The van der Waals surface area contributed by atoms with Crippen molar-refractivity contribution in [2.24, 2.45) is 0 Å². The second-order valence-electron chi connectivity index (χ2n) is 5.20. The van der Waals surface area contributed by atoms with E-state index < -0.39 is 28.6 Å². The fraction of sp³-hybridized carbons (Fsp3) is 0.133. The van der Waals surface area contributed by atoms with Crippen molar-refractivity contribution in [3.05, 3.63) is 39.9 Å². The number of aromatic hydroxyl groups is 3. The summed E-state index contributed by atoms with van der Waals surface area (Å²) in [5.74, 6) is -2.45. The first-order valence-electron chi connectivity index (χ1n) is 6.47. The zero-order valence-corrected chi connectivity index (χ0v) is 12.1. The molecule has 0 aromatic heterocycles. The Kier molecular flexibility index (Phi) is 3.37. The van der Waals surface area contributed by atoms with Crippen LogP contribution in [-0.2, 0) is 0 Å². The van der Waals surface area contributed by atoms with E-state index in [0.29, 0.717) is 16.1 Å². The van der Waals surface area contributed by atoms with Gasteiger partial charge in [0.2, 0.25) is 0 Å².